The molecule has 2 aromatic heterocycles. The molecule has 2 N–H and O–H groups in total. The van der Waals surface area contributed by atoms with E-state index >= 15 is 0 Å². The lowest BCUT2D eigenvalue weighted by atomic mass is 9.91. The fourth-order valence-electron chi connectivity index (χ4n) is 6.49. The summed E-state index contributed by atoms with van der Waals surface area (Å²) >= 11 is 0. The van der Waals surface area contributed by atoms with Crippen LogP contribution in [0.25, 0.3) is 39.0 Å². The molecule has 1 saturated heterocycles. The second kappa shape index (κ2) is 9.56. The Labute approximate surface area is 229 Å². The van der Waals surface area contributed by atoms with Gasteiger partial charge in [-0.25, -0.2) is 4.98 Å². The molecule has 1 amide bonds. The molecule has 7 heteroatoms. The SMILES string of the molecule is COc1cc(C(=O)N2CCC[C@@H](CN)C2)cc2nc(-c3cc4cccc(C5=CCC5)c4n3CC3CC3)n(C)c12. The number of para-hydroxylation sites is 1. The van der Waals surface area contributed by atoms with Gasteiger partial charge in [-0.3, -0.25) is 4.79 Å². The molecule has 0 bridgehead atoms. The molecule has 2 aromatic carbocycles. The third-order valence-corrected chi connectivity index (χ3v) is 8.98. The van der Waals surface area contributed by atoms with Crippen LogP contribution in [0.1, 0.15) is 54.4 Å². The summed E-state index contributed by atoms with van der Waals surface area (Å²) < 4.78 is 10.5. The molecule has 0 unspecified atom stereocenters. The molecule has 4 aromatic rings. The molecule has 39 heavy (non-hydrogen) atoms. The number of aryl methyl sites for hydroxylation is 1. The number of likely N-dealkylation sites (tertiary alicyclic amines) is 1. The van der Waals surface area contributed by atoms with E-state index in [-0.39, 0.29) is 5.91 Å². The lowest BCUT2D eigenvalue weighted by Gasteiger charge is -2.32. The second-order valence-electron chi connectivity index (χ2n) is 11.6. The van der Waals surface area contributed by atoms with Gasteiger partial charge in [-0.1, -0.05) is 24.3 Å². The number of aromatic nitrogens is 3. The average Bonchev–Trinajstić information content (AvgIpc) is 3.59. The van der Waals surface area contributed by atoms with Gasteiger partial charge in [-0.15, -0.1) is 0 Å². The molecule has 1 saturated carbocycles. The molecule has 7 nitrogen and oxygen atoms in total. The minimum atomic E-state index is 0.0295. The van der Waals surface area contributed by atoms with Gasteiger partial charge < -0.3 is 24.5 Å². The summed E-state index contributed by atoms with van der Waals surface area (Å²) in [5, 5.41) is 1.25. The molecule has 0 radical (unpaired) electrons. The first-order valence-corrected chi connectivity index (χ1v) is 14.4. The van der Waals surface area contributed by atoms with Crippen LogP contribution in [0.2, 0.25) is 0 Å². The highest BCUT2D eigenvalue weighted by Crippen LogP contribution is 2.41. The lowest BCUT2D eigenvalue weighted by Crippen LogP contribution is -2.42. The van der Waals surface area contributed by atoms with Crippen LogP contribution in [-0.2, 0) is 13.6 Å². The number of rotatable bonds is 7. The van der Waals surface area contributed by atoms with Crippen LogP contribution < -0.4 is 10.5 Å². The highest BCUT2D eigenvalue weighted by Gasteiger charge is 2.29. The third-order valence-electron chi connectivity index (χ3n) is 8.98. The average molecular weight is 524 g/mol. The van der Waals surface area contributed by atoms with Crippen LogP contribution in [0, 0.1) is 11.8 Å². The number of piperidine rings is 1. The van der Waals surface area contributed by atoms with Crippen molar-refractivity contribution in [3.63, 3.8) is 0 Å². The number of hydrogen-bond acceptors (Lipinski definition) is 4. The molecule has 202 valence electrons. The maximum atomic E-state index is 13.6. The van der Waals surface area contributed by atoms with Crippen molar-refractivity contribution >= 4 is 33.4 Å². The van der Waals surface area contributed by atoms with E-state index < -0.39 is 0 Å². The summed E-state index contributed by atoms with van der Waals surface area (Å²) in [4.78, 5) is 20.7. The number of benzene rings is 2. The normalized spacial score (nSPS) is 19.4. The Morgan fingerprint density at radius 1 is 1.13 bits per heavy atom. The van der Waals surface area contributed by atoms with Gasteiger partial charge in [0, 0.05) is 43.2 Å². The minimum absolute atomic E-state index is 0.0295. The van der Waals surface area contributed by atoms with Gasteiger partial charge in [0.25, 0.3) is 5.91 Å². The topological polar surface area (TPSA) is 78.3 Å². The Balaban J connectivity index is 1.36. The fraction of sp³-hybridized carbons (Fsp3) is 0.438. The molecule has 2 aliphatic carbocycles. The minimum Gasteiger partial charge on any atom is -0.494 e. The van der Waals surface area contributed by atoms with Crippen molar-refractivity contribution in [2.75, 3.05) is 26.7 Å². The summed E-state index contributed by atoms with van der Waals surface area (Å²) in [6, 6.07) is 12.8. The van der Waals surface area contributed by atoms with Crippen molar-refractivity contribution in [1.82, 2.24) is 19.0 Å². The van der Waals surface area contributed by atoms with Crippen molar-refractivity contribution in [3.8, 4) is 17.3 Å². The van der Waals surface area contributed by atoms with Gasteiger partial charge in [0.15, 0.2) is 5.82 Å². The van der Waals surface area contributed by atoms with Gasteiger partial charge >= 0.3 is 0 Å². The zero-order chi connectivity index (χ0) is 26.7. The highest BCUT2D eigenvalue weighted by molar-refractivity contribution is 6.01. The van der Waals surface area contributed by atoms with Crippen LogP contribution >= 0.6 is 0 Å². The van der Waals surface area contributed by atoms with Gasteiger partial charge in [0.2, 0.25) is 0 Å². The van der Waals surface area contributed by atoms with Gasteiger partial charge in [0.1, 0.15) is 11.3 Å². The van der Waals surface area contributed by atoms with Gasteiger partial charge in [-0.05, 0) is 80.7 Å². The summed E-state index contributed by atoms with van der Waals surface area (Å²) in [5.41, 5.74) is 13.5. The lowest BCUT2D eigenvalue weighted by molar-refractivity contribution is 0.0678. The first kappa shape index (κ1) is 24.5. The molecule has 7 rings (SSSR count). The van der Waals surface area contributed by atoms with E-state index in [0.29, 0.717) is 30.3 Å². The number of amides is 1. The number of carbonyl (C=O) groups is 1. The maximum Gasteiger partial charge on any atom is 0.254 e. The third kappa shape index (κ3) is 4.15. The molecular weight excluding hydrogens is 486 g/mol. The van der Waals surface area contributed by atoms with E-state index in [2.05, 4.69) is 46.5 Å². The number of nitrogens with zero attached hydrogens (tertiary/aromatic N) is 4. The Hall–Kier alpha value is -3.58. The van der Waals surface area contributed by atoms with Crippen molar-refractivity contribution in [2.45, 2.75) is 45.1 Å². The van der Waals surface area contributed by atoms with Crippen molar-refractivity contribution in [1.29, 1.82) is 0 Å². The smallest absolute Gasteiger partial charge is 0.254 e. The van der Waals surface area contributed by atoms with Crippen LogP contribution in [0.3, 0.4) is 0 Å². The van der Waals surface area contributed by atoms with Crippen LogP contribution in [0.5, 0.6) is 5.75 Å². The van der Waals surface area contributed by atoms with Gasteiger partial charge in [0.05, 0.1) is 23.8 Å². The van der Waals surface area contributed by atoms with E-state index in [9.17, 15) is 4.79 Å². The van der Waals surface area contributed by atoms with Crippen LogP contribution in [0.15, 0.2) is 42.5 Å². The molecule has 3 aliphatic rings. The Morgan fingerprint density at radius 3 is 2.69 bits per heavy atom. The number of ether oxygens (including phenoxy) is 1. The Morgan fingerprint density at radius 2 is 1.97 bits per heavy atom. The Kier molecular flexibility index (Phi) is 5.99. The van der Waals surface area contributed by atoms with E-state index in [0.717, 1.165) is 67.2 Å². The summed E-state index contributed by atoms with van der Waals surface area (Å²) in [6.45, 7) is 3.10. The number of nitrogens with two attached hydrogens (primary N) is 1. The van der Waals surface area contributed by atoms with Crippen LogP contribution in [-0.4, -0.2) is 51.7 Å². The monoisotopic (exact) mass is 523 g/mol. The zero-order valence-corrected chi connectivity index (χ0v) is 22.9. The summed E-state index contributed by atoms with van der Waals surface area (Å²) in [5.74, 6) is 2.69. The van der Waals surface area contributed by atoms with E-state index in [4.69, 9.17) is 15.5 Å². The predicted octanol–water partition coefficient (Wildman–Crippen LogP) is 5.60. The number of allylic oxidation sites excluding steroid dienone is 2. The van der Waals surface area contributed by atoms with E-state index in [1.807, 2.05) is 17.0 Å². The Bertz CT molecular complexity index is 1620. The van der Waals surface area contributed by atoms with Gasteiger partial charge in [-0.2, -0.15) is 0 Å². The van der Waals surface area contributed by atoms with Crippen molar-refractivity contribution < 1.29 is 9.53 Å². The van der Waals surface area contributed by atoms with Crippen LogP contribution in [0.4, 0.5) is 0 Å². The largest absolute Gasteiger partial charge is 0.494 e. The first-order valence-electron chi connectivity index (χ1n) is 14.4. The molecule has 3 heterocycles. The molecule has 1 aliphatic heterocycles. The molecular formula is C32H37N5O2. The van der Waals surface area contributed by atoms with Crippen molar-refractivity contribution in [3.05, 3.63) is 53.6 Å². The molecule has 2 fully saturated rings. The molecule has 1 atom stereocenters. The van der Waals surface area contributed by atoms with E-state index in [1.54, 1.807) is 7.11 Å². The second-order valence-corrected chi connectivity index (χ2v) is 11.6. The number of carbonyl (C=O) groups excluding carboxylic acids is 1. The van der Waals surface area contributed by atoms with Crippen molar-refractivity contribution in [2.24, 2.45) is 24.6 Å². The number of fused-ring (bicyclic) bond motifs is 2. The number of imidazole rings is 1. The molecule has 0 spiro atoms. The first-order chi connectivity index (χ1) is 19.1. The van der Waals surface area contributed by atoms with E-state index in [1.165, 1.54) is 34.9 Å². The zero-order valence-electron chi connectivity index (χ0n) is 22.9. The highest BCUT2D eigenvalue weighted by atomic mass is 16.5. The standard InChI is InChI=1S/C32H37N5O2/c1-35-30-26(14-24(16-28(30)39-2)32(38)36-13-5-6-21(17-33)18-36)34-31(35)27-15-23-9-4-10-25(22-7-3-8-22)29(23)37(27)19-20-11-12-20/h4,7,9-10,14-16,20-21H,3,5-6,8,11-13,17-19,33H2,1-2H3/t21-/m0/s1. The summed E-state index contributed by atoms with van der Waals surface area (Å²) in [6.07, 6.45) is 9.32. The maximum absolute atomic E-state index is 13.6. The predicted molar refractivity (Wildman–Crippen MR) is 156 cm³/mol. The summed E-state index contributed by atoms with van der Waals surface area (Å²) in [7, 11) is 3.73. The fourth-order valence-corrected chi connectivity index (χ4v) is 6.49. The number of methoxy groups -OCH3 is 1. The quantitative estimate of drug-likeness (QED) is 0.342. The number of hydrogen-bond donors (Lipinski definition) is 1.